The third kappa shape index (κ3) is 3.37. The fourth-order valence-corrected chi connectivity index (χ4v) is 4.31. The Morgan fingerprint density at radius 3 is 2.74 bits per heavy atom. The van der Waals surface area contributed by atoms with Crippen molar-refractivity contribution in [1.29, 1.82) is 5.41 Å². The van der Waals surface area contributed by atoms with Crippen LogP contribution < -0.4 is 11.1 Å². The molecule has 2 aromatic carbocycles. The molecule has 0 fully saturated rings. The lowest BCUT2D eigenvalue weighted by molar-refractivity contribution is 0.630. The molecule has 4 nitrogen and oxygen atoms in total. The predicted molar refractivity (Wildman–Crippen MR) is 112 cm³/mol. The highest BCUT2D eigenvalue weighted by atomic mass is 15.0. The predicted octanol–water partition coefficient (Wildman–Crippen LogP) is 4.11. The van der Waals surface area contributed by atoms with Crippen molar-refractivity contribution in [2.24, 2.45) is 5.73 Å². The molecule has 0 saturated carbocycles. The Hall–Kier alpha value is -2.59. The van der Waals surface area contributed by atoms with Crippen LogP contribution in [0.5, 0.6) is 0 Å². The molecule has 0 saturated heterocycles. The van der Waals surface area contributed by atoms with Crippen LogP contribution in [0.3, 0.4) is 0 Å². The molecule has 4 heteroatoms. The Labute approximate surface area is 160 Å². The molecule has 4 rings (SSSR count). The summed E-state index contributed by atoms with van der Waals surface area (Å²) < 4.78 is 2.46. The Bertz CT molecular complexity index is 983. The van der Waals surface area contributed by atoms with E-state index in [9.17, 15) is 0 Å². The first-order valence-corrected chi connectivity index (χ1v) is 9.96. The van der Waals surface area contributed by atoms with Crippen molar-refractivity contribution < 1.29 is 0 Å². The third-order valence-electron chi connectivity index (χ3n) is 5.68. The maximum absolute atomic E-state index is 8.50. The summed E-state index contributed by atoms with van der Waals surface area (Å²) in [6.07, 6.45) is 4.90. The number of aromatic nitrogens is 1. The minimum absolute atomic E-state index is 0.476. The number of hydrogen-bond acceptors (Lipinski definition) is 2. The van der Waals surface area contributed by atoms with Gasteiger partial charge in [0.1, 0.15) is 5.84 Å². The summed E-state index contributed by atoms with van der Waals surface area (Å²) in [4.78, 5) is 0. The monoisotopic (exact) mass is 360 g/mol. The van der Waals surface area contributed by atoms with Crippen LogP contribution in [0, 0.1) is 5.41 Å². The van der Waals surface area contributed by atoms with Gasteiger partial charge in [0.15, 0.2) is 0 Å². The first-order valence-electron chi connectivity index (χ1n) is 9.96. The van der Waals surface area contributed by atoms with Gasteiger partial charge in [-0.3, -0.25) is 5.41 Å². The smallest absolute Gasteiger partial charge is 0.125 e. The van der Waals surface area contributed by atoms with Gasteiger partial charge in [-0.25, -0.2) is 0 Å². The van der Waals surface area contributed by atoms with E-state index in [1.54, 1.807) is 0 Å². The molecule has 1 heterocycles. The van der Waals surface area contributed by atoms with Crippen molar-refractivity contribution in [2.75, 3.05) is 0 Å². The molecule has 1 aliphatic rings. The zero-order valence-corrected chi connectivity index (χ0v) is 16.0. The van der Waals surface area contributed by atoms with Gasteiger partial charge >= 0.3 is 0 Å². The number of nitrogens with zero attached hydrogens (tertiary/aromatic N) is 1. The van der Waals surface area contributed by atoms with E-state index in [0.717, 1.165) is 29.7 Å². The van der Waals surface area contributed by atoms with E-state index < -0.39 is 0 Å². The molecule has 1 aromatic heterocycles. The molecule has 27 heavy (non-hydrogen) atoms. The summed E-state index contributed by atoms with van der Waals surface area (Å²) >= 11 is 0. The number of amidine groups is 1. The number of nitrogens with two attached hydrogens (primary N) is 1. The van der Waals surface area contributed by atoms with Gasteiger partial charge < -0.3 is 15.6 Å². The first-order chi connectivity index (χ1) is 13.2. The number of aryl methyl sites for hydroxylation is 2. The van der Waals surface area contributed by atoms with Crippen LogP contribution in [0.1, 0.15) is 47.7 Å². The van der Waals surface area contributed by atoms with E-state index in [1.165, 1.54) is 41.4 Å². The van der Waals surface area contributed by atoms with Gasteiger partial charge in [0, 0.05) is 41.8 Å². The van der Waals surface area contributed by atoms with Crippen molar-refractivity contribution in [3.05, 3.63) is 70.4 Å². The van der Waals surface area contributed by atoms with Gasteiger partial charge in [0.2, 0.25) is 0 Å². The second-order valence-corrected chi connectivity index (χ2v) is 7.36. The summed E-state index contributed by atoms with van der Waals surface area (Å²) in [6.45, 7) is 4.42. The van der Waals surface area contributed by atoms with Crippen LogP contribution in [0.25, 0.3) is 10.9 Å². The summed E-state index contributed by atoms with van der Waals surface area (Å²) in [5, 5.41) is 13.1. The molecule has 0 aliphatic heterocycles. The lowest BCUT2D eigenvalue weighted by atomic mass is 9.95. The quantitative estimate of drug-likeness (QED) is 0.473. The van der Waals surface area contributed by atoms with E-state index >= 15 is 0 Å². The SMILES string of the molecule is CCn1c2c(c3cc(C(=N)NCc4cccc(CN)c4)ccc31)CCCC2. The lowest BCUT2D eigenvalue weighted by Gasteiger charge is -2.14. The molecule has 0 spiro atoms. The van der Waals surface area contributed by atoms with Gasteiger partial charge in [-0.05, 0) is 67.5 Å². The highest BCUT2D eigenvalue weighted by Crippen LogP contribution is 2.32. The Morgan fingerprint density at radius 2 is 1.93 bits per heavy atom. The van der Waals surface area contributed by atoms with Gasteiger partial charge in [-0.2, -0.15) is 0 Å². The average Bonchev–Trinajstić information content (AvgIpc) is 3.05. The molecular weight excluding hydrogens is 332 g/mol. The van der Waals surface area contributed by atoms with Crippen molar-refractivity contribution in [3.63, 3.8) is 0 Å². The maximum Gasteiger partial charge on any atom is 0.125 e. The van der Waals surface area contributed by atoms with Crippen LogP contribution in [0.15, 0.2) is 42.5 Å². The van der Waals surface area contributed by atoms with E-state index in [1.807, 2.05) is 12.1 Å². The van der Waals surface area contributed by atoms with Crippen molar-refractivity contribution in [3.8, 4) is 0 Å². The van der Waals surface area contributed by atoms with E-state index in [-0.39, 0.29) is 0 Å². The van der Waals surface area contributed by atoms with E-state index in [2.05, 4.69) is 47.1 Å². The highest BCUT2D eigenvalue weighted by molar-refractivity contribution is 6.00. The van der Waals surface area contributed by atoms with Crippen LogP contribution >= 0.6 is 0 Å². The Morgan fingerprint density at radius 1 is 1.11 bits per heavy atom. The highest BCUT2D eigenvalue weighted by Gasteiger charge is 2.19. The van der Waals surface area contributed by atoms with Gasteiger partial charge in [0.25, 0.3) is 0 Å². The molecule has 3 aromatic rings. The van der Waals surface area contributed by atoms with Crippen LogP contribution in [0.2, 0.25) is 0 Å². The van der Waals surface area contributed by atoms with Crippen LogP contribution in [-0.2, 0) is 32.5 Å². The number of benzene rings is 2. The molecule has 0 bridgehead atoms. The van der Waals surface area contributed by atoms with Crippen LogP contribution in [-0.4, -0.2) is 10.4 Å². The number of nitrogens with one attached hydrogen (secondary N) is 2. The molecule has 0 radical (unpaired) electrons. The standard InChI is InChI=1S/C23H28N4/c1-2-27-21-9-4-3-8-19(21)20-13-18(10-11-22(20)27)23(25)26-15-17-7-5-6-16(12-17)14-24/h5-7,10-13H,2-4,8-9,14-15,24H2,1H3,(H2,25,26). The Kier molecular flexibility index (Phi) is 4.99. The van der Waals surface area contributed by atoms with Gasteiger partial charge in [-0.15, -0.1) is 0 Å². The fraction of sp³-hybridized carbons (Fsp3) is 0.348. The second-order valence-electron chi connectivity index (χ2n) is 7.36. The largest absolute Gasteiger partial charge is 0.366 e. The average molecular weight is 361 g/mol. The molecule has 0 unspecified atom stereocenters. The molecule has 0 atom stereocenters. The van der Waals surface area contributed by atoms with Crippen molar-refractivity contribution in [1.82, 2.24) is 9.88 Å². The molecule has 1 aliphatic carbocycles. The van der Waals surface area contributed by atoms with Gasteiger partial charge in [0.05, 0.1) is 0 Å². The molecular formula is C23H28N4. The van der Waals surface area contributed by atoms with Crippen LogP contribution in [0.4, 0.5) is 0 Å². The minimum atomic E-state index is 0.476. The third-order valence-corrected chi connectivity index (χ3v) is 5.68. The summed E-state index contributed by atoms with van der Waals surface area (Å²) in [5.74, 6) is 0.476. The lowest BCUT2D eigenvalue weighted by Crippen LogP contribution is -2.22. The van der Waals surface area contributed by atoms with E-state index in [4.69, 9.17) is 11.1 Å². The van der Waals surface area contributed by atoms with E-state index in [0.29, 0.717) is 18.9 Å². The summed E-state index contributed by atoms with van der Waals surface area (Å²) in [5.41, 5.74) is 13.3. The van der Waals surface area contributed by atoms with Crippen molar-refractivity contribution >= 4 is 16.7 Å². The normalized spacial score (nSPS) is 13.6. The maximum atomic E-state index is 8.50. The Balaban J connectivity index is 1.59. The summed E-state index contributed by atoms with van der Waals surface area (Å²) in [6, 6.07) is 14.7. The molecule has 4 N–H and O–H groups in total. The number of hydrogen-bond donors (Lipinski definition) is 3. The zero-order chi connectivity index (χ0) is 18.8. The minimum Gasteiger partial charge on any atom is -0.366 e. The van der Waals surface area contributed by atoms with Crippen molar-refractivity contribution in [2.45, 2.75) is 52.2 Å². The molecule has 140 valence electrons. The fourth-order valence-electron chi connectivity index (χ4n) is 4.31. The number of fused-ring (bicyclic) bond motifs is 3. The molecule has 0 amide bonds. The first kappa shape index (κ1) is 17.8. The summed E-state index contributed by atoms with van der Waals surface area (Å²) in [7, 11) is 0. The number of rotatable bonds is 5. The zero-order valence-electron chi connectivity index (χ0n) is 16.0. The second kappa shape index (κ2) is 7.57. The van der Waals surface area contributed by atoms with Gasteiger partial charge in [-0.1, -0.05) is 24.3 Å². The topological polar surface area (TPSA) is 66.8 Å².